The summed E-state index contributed by atoms with van der Waals surface area (Å²) in [5.41, 5.74) is 7.49. The maximum Gasteiger partial charge on any atom is 0.100 e. The number of halogens is 2. The summed E-state index contributed by atoms with van der Waals surface area (Å²) in [6, 6.07) is 32.0. The van der Waals surface area contributed by atoms with Crippen molar-refractivity contribution < 1.29 is 4.42 Å². The van der Waals surface area contributed by atoms with Gasteiger partial charge in [0.2, 0.25) is 0 Å². The molecule has 6 aromatic rings. The van der Waals surface area contributed by atoms with Crippen LogP contribution in [0.3, 0.4) is 0 Å². The number of furan rings is 1. The van der Waals surface area contributed by atoms with Crippen LogP contribution in [-0.4, -0.2) is 15.0 Å². The average molecular weight is 617 g/mol. The zero-order valence-electron chi connectivity index (χ0n) is 26.2. The van der Waals surface area contributed by atoms with Gasteiger partial charge < -0.3 is 9.40 Å². The summed E-state index contributed by atoms with van der Waals surface area (Å²) in [4.78, 5) is 10.5. The van der Waals surface area contributed by atoms with Crippen LogP contribution in [0.1, 0.15) is 39.3 Å². The van der Waals surface area contributed by atoms with Gasteiger partial charge >= 0.3 is 0 Å². The van der Waals surface area contributed by atoms with Crippen LogP contribution in [0.2, 0.25) is 10.0 Å². The van der Waals surface area contributed by atoms with E-state index >= 15 is 0 Å². The standard InChI is InChI=1S/C8H10.C7H6Cl2.C7H8.C6H7N.C5H6O.C4H6N2/c1-7-4-3-5-8(2)6-7;1-5-2-3-6(8)7(9)4-5;1-7-5-3-2-4-6-7;1-6-2-4-7-5-3-6;1-5-3-2-4-6-5;1-4-2-5-3-6-4/h3-6H,1-2H3;2-4H,1H3;2-6H,1H3;2-5H,1H3;2-4H,1H3;2-3H,1H3,(H,5,6). The predicted octanol–water partition coefficient (Wildman–Crippen LogP) is 11.3. The van der Waals surface area contributed by atoms with Crippen molar-refractivity contribution in [2.24, 2.45) is 0 Å². The Morgan fingerprint density at radius 2 is 1.12 bits per heavy atom. The summed E-state index contributed by atoms with van der Waals surface area (Å²) >= 11 is 11.3. The summed E-state index contributed by atoms with van der Waals surface area (Å²) in [5, 5.41) is 1.24. The summed E-state index contributed by atoms with van der Waals surface area (Å²) < 4.78 is 4.83. The fourth-order valence-corrected chi connectivity index (χ4v) is 3.41. The molecular formula is C37H43Cl2N3O. The van der Waals surface area contributed by atoms with Gasteiger partial charge in [-0.3, -0.25) is 4.98 Å². The Morgan fingerprint density at radius 1 is 0.535 bits per heavy atom. The summed E-state index contributed by atoms with van der Waals surface area (Å²) in [7, 11) is 0. The van der Waals surface area contributed by atoms with Crippen LogP contribution in [0, 0.1) is 48.5 Å². The van der Waals surface area contributed by atoms with E-state index < -0.39 is 0 Å². The highest BCUT2D eigenvalue weighted by atomic mass is 35.5. The lowest BCUT2D eigenvalue weighted by Crippen LogP contribution is -1.71. The SMILES string of the molecule is Cc1ccc(Cl)c(Cl)c1.Cc1cccc(C)c1.Cc1ccccc1.Cc1ccco1.Cc1ccncc1.Cc1cnc[nH]1. The maximum atomic E-state index is 5.68. The monoisotopic (exact) mass is 615 g/mol. The summed E-state index contributed by atoms with van der Waals surface area (Å²) in [6.07, 6.45) is 8.68. The number of hydrogen-bond acceptors (Lipinski definition) is 3. The van der Waals surface area contributed by atoms with Gasteiger partial charge in [-0.1, -0.05) is 101 Å². The topological polar surface area (TPSA) is 54.7 Å². The second-order valence-electron chi connectivity index (χ2n) is 9.71. The number of hydrogen-bond donors (Lipinski definition) is 1. The Labute approximate surface area is 267 Å². The highest BCUT2D eigenvalue weighted by Crippen LogP contribution is 2.21. The molecule has 3 heterocycles. The van der Waals surface area contributed by atoms with E-state index in [2.05, 4.69) is 72.1 Å². The van der Waals surface area contributed by atoms with E-state index in [-0.39, 0.29) is 0 Å². The predicted molar refractivity (Wildman–Crippen MR) is 184 cm³/mol. The second-order valence-corrected chi connectivity index (χ2v) is 10.5. The molecule has 4 nitrogen and oxygen atoms in total. The minimum absolute atomic E-state index is 0.613. The van der Waals surface area contributed by atoms with Gasteiger partial charge in [-0.2, -0.15) is 0 Å². The molecule has 0 aliphatic rings. The highest BCUT2D eigenvalue weighted by Gasteiger charge is 1.93. The fourth-order valence-electron chi connectivity index (χ4n) is 3.06. The smallest absolute Gasteiger partial charge is 0.100 e. The van der Waals surface area contributed by atoms with E-state index in [4.69, 9.17) is 27.6 Å². The van der Waals surface area contributed by atoms with Gasteiger partial charge in [-0.25, -0.2) is 4.98 Å². The molecule has 0 unspecified atom stereocenters. The van der Waals surface area contributed by atoms with Crippen molar-refractivity contribution in [1.29, 1.82) is 0 Å². The Bertz CT molecular complexity index is 1400. The molecule has 0 aliphatic heterocycles. The van der Waals surface area contributed by atoms with Crippen molar-refractivity contribution in [3.63, 3.8) is 0 Å². The lowest BCUT2D eigenvalue weighted by molar-refractivity contribution is 0.534. The van der Waals surface area contributed by atoms with Gasteiger partial charge in [0.1, 0.15) is 5.76 Å². The molecule has 43 heavy (non-hydrogen) atoms. The Morgan fingerprint density at radius 3 is 1.40 bits per heavy atom. The summed E-state index contributed by atoms with van der Waals surface area (Å²) in [5.74, 6) is 0.968. The lowest BCUT2D eigenvalue weighted by Gasteiger charge is -1.94. The highest BCUT2D eigenvalue weighted by molar-refractivity contribution is 6.42. The number of aryl methyl sites for hydroxylation is 7. The van der Waals surface area contributed by atoms with Crippen LogP contribution in [-0.2, 0) is 0 Å². The van der Waals surface area contributed by atoms with E-state index in [1.165, 1.54) is 22.3 Å². The molecule has 6 rings (SSSR count). The molecule has 0 fully saturated rings. The van der Waals surface area contributed by atoms with Crippen molar-refractivity contribution >= 4 is 23.2 Å². The zero-order valence-corrected chi connectivity index (χ0v) is 27.7. The Kier molecular flexibility index (Phi) is 19.3. The average Bonchev–Trinajstić information content (AvgIpc) is 3.67. The van der Waals surface area contributed by atoms with Crippen LogP contribution < -0.4 is 0 Å². The number of aromatic amines is 1. The third-order valence-corrected chi connectivity index (χ3v) is 6.07. The number of pyridine rings is 1. The first-order valence-electron chi connectivity index (χ1n) is 13.8. The molecule has 3 aromatic carbocycles. The largest absolute Gasteiger partial charge is 0.470 e. The van der Waals surface area contributed by atoms with Crippen LogP contribution in [0.25, 0.3) is 0 Å². The van der Waals surface area contributed by atoms with E-state index in [9.17, 15) is 0 Å². The molecule has 1 N–H and O–H groups in total. The van der Waals surface area contributed by atoms with Crippen molar-refractivity contribution in [1.82, 2.24) is 15.0 Å². The molecule has 0 saturated heterocycles. The Balaban J connectivity index is 0.000000259. The van der Waals surface area contributed by atoms with Gasteiger partial charge in [0.25, 0.3) is 0 Å². The minimum Gasteiger partial charge on any atom is -0.470 e. The first-order chi connectivity index (χ1) is 20.6. The Hall–Kier alpha value is -4.12. The van der Waals surface area contributed by atoms with E-state index in [0.29, 0.717) is 10.0 Å². The molecule has 0 bridgehead atoms. The molecule has 3 aromatic heterocycles. The van der Waals surface area contributed by atoms with Crippen LogP contribution >= 0.6 is 23.2 Å². The number of nitrogens with zero attached hydrogens (tertiary/aromatic N) is 2. The van der Waals surface area contributed by atoms with E-state index in [1.54, 1.807) is 37.2 Å². The number of H-pyrrole nitrogens is 1. The number of nitrogens with one attached hydrogen (secondary N) is 1. The van der Waals surface area contributed by atoms with Gasteiger partial charge in [-0.05, 0) is 96.0 Å². The third kappa shape index (κ3) is 20.4. The molecule has 0 spiro atoms. The van der Waals surface area contributed by atoms with Crippen LogP contribution in [0.15, 0.2) is 133 Å². The summed E-state index contributed by atoms with van der Waals surface area (Å²) in [6.45, 7) is 14.2. The van der Waals surface area contributed by atoms with Crippen molar-refractivity contribution in [2.75, 3.05) is 0 Å². The van der Waals surface area contributed by atoms with Crippen molar-refractivity contribution in [3.8, 4) is 0 Å². The zero-order chi connectivity index (χ0) is 31.9. The minimum atomic E-state index is 0.613. The molecular weight excluding hydrogens is 573 g/mol. The van der Waals surface area contributed by atoms with Gasteiger partial charge in [0.15, 0.2) is 0 Å². The van der Waals surface area contributed by atoms with Crippen LogP contribution in [0.4, 0.5) is 0 Å². The second kappa shape index (κ2) is 22.5. The molecule has 0 saturated carbocycles. The van der Waals surface area contributed by atoms with Gasteiger partial charge in [0.05, 0.1) is 22.6 Å². The number of benzene rings is 3. The quantitative estimate of drug-likeness (QED) is 0.185. The number of rotatable bonds is 0. The molecule has 226 valence electrons. The fraction of sp³-hybridized carbons (Fsp3) is 0.189. The first kappa shape index (κ1) is 36.9. The first-order valence-corrected chi connectivity index (χ1v) is 14.6. The van der Waals surface area contributed by atoms with Crippen molar-refractivity contribution in [3.05, 3.63) is 178 Å². The number of aromatic nitrogens is 3. The molecule has 0 amide bonds. The van der Waals surface area contributed by atoms with E-state index in [0.717, 1.165) is 17.0 Å². The third-order valence-electron chi connectivity index (χ3n) is 5.33. The number of imidazole rings is 1. The molecule has 0 atom stereocenters. The van der Waals surface area contributed by atoms with Gasteiger partial charge in [-0.15, -0.1) is 0 Å². The van der Waals surface area contributed by atoms with Crippen LogP contribution in [0.5, 0.6) is 0 Å². The van der Waals surface area contributed by atoms with Crippen molar-refractivity contribution in [2.45, 2.75) is 48.5 Å². The van der Waals surface area contributed by atoms with Gasteiger partial charge in [0, 0.05) is 24.3 Å². The lowest BCUT2D eigenvalue weighted by atomic mass is 10.2. The normalized spacial score (nSPS) is 9.05. The molecule has 0 radical (unpaired) electrons. The van der Waals surface area contributed by atoms with E-state index in [1.807, 2.05) is 82.3 Å². The maximum absolute atomic E-state index is 5.68. The molecule has 0 aliphatic carbocycles. The molecule has 6 heteroatoms.